The van der Waals surface area contributed by atoms with Gasteiger partial charge in [0.1, 0.15) is 0 Å². The number of likely N-dealkylation sites (tertiary alicyclic amines) is 1. The number of carbonyl (C=O) groups is 6. The molecule has 1 aliphatic rings. The van der Waals surface area contributed by atoms with Crippen molar-refractivity contribution < 1.29 is 47.7 Å². The Morgan fingerprint density at radius 2 is 0.399 bits per heavy atom. The monoisotopic (exact) mass is 1950 g/mol. The van der Waals surface area contributed by atoms with Crippen LogP contribution in [0.2, 0.25) is 0 Å². The number of unbranched alkanes of at least 4 members (excludes halogenated alkanes) is 57. The van der Waals surface area contributed by atoms with Crippen molar-refractivity contribution in [3.05, 3.63) is 0 Å². The first-order valence-corrected chi connectivity index (χ1v) is 62.2. The van der Waals surface area contributed by atoms with Crippen LogP contribution in [0.4, 0.5) is 0 Å². The number of amides is 2. The van der Waals surface area contributed by atoms with E-state index < -0.39 is 0 Å². The van der Waals surface area contributed by atoms with Crippen molar-refractivity contribution in [1.29, 1.82) is 0 Å². The van der Waals surface area contributed by atoms with Crippen LogP contribution in [0.5, 0.6) is 0 Å². The quantitative estimate of drug-likeness (QED) is 0.0324. The molecule has 14 nitrogen and oxygen atoms in total. The van der Waals surface area contributed by atoms with Gasteiger partial charge in [-0.15, -0.1) is 0 Å². The second kappa shape index (κ2) is 104. The summed E-state index contributed by atoms with van der Waals surface area (Å²) in [6.45, 7) is 28.6. The normalized spacial score (nSPS) is 13.7. The van der Waals surface area contributed by atoms with Gasteiger partial charge in [0.2, 0.25) is 11.8 Å². The molecule has 1 saturated heterocycles. The molecule has 0 bridgehead atoms. The first-order chi connectivity index (χ1) is 67.7. The molecule has 1 aliphatic heterocycles. The van der Waals surface area contributed by atoms with Gasteiger partial charge in [-0.1, -0.05) is 466 Å². The highest BCUT2D eigenvalue weighted by Gasteiger charge is 2.28. The van der Waals surface area contributed by atoms with E-state index in [0.717, 1.165) is 258 Å². The molecule has 1 heterocycles. The fourth-order valence-corrected chi connectivity index (χ4v) is 21.5. The second-order valence-electron chi connectivity index (χ2n) is 44.7. The van der Waals surface area contributed by atoms with E-state index in [1.54, 1.807) is 0 Å². The first kappa shape index (κ1) is 133. The maximum atomic E-state index is 14.8. The lowest BCUT2D eigenvalue weighted by atomic mass is 9.92. The summed E-state index contributed by atoms with van der Waals surface area (Å²) in [4.78, 5) is 91.4. The SMILES string of the molecule is CCCCCCCCCN(CCCN(C)C)C(=O)C(CCCCCCCCC(=O)OCC(CCCC)CCCCCC)CCCCCCCCC(=O)OCC(CCCCCC)CCCCCCCCCCC(CCCCCCCC)COC(=O)CCCCCCCC(CCCCCCCC(=O)OCC(CCCCCC)CCCCCCCC)C(=O)N(CCCCCCCCC)CCCN1CCCC1. The van der Waals surface area contributed by atoms with Crippen molar-refractivity contribution in [3.63, 3.8) is 0 Å². The number of nitrogens with zero attached hydrogens (tertiary/aromatic N) is 4. The Balaban J connectivity index is 2.74. The first-order valence-electron chi connectivity index (χ1n) is 62.2. The topological polar surface area (TPSA) is 152 Å². The van der Waals surface area contributed by atoms with Crippen LogP contribution in [-0.2, 0) is 47.7 Å². The number of ether oxygens (including phenoxy) is 4. The lowest BCUT2D eigenvalue weighted by Gasteiger charge is -2.29. The summed E-state index contributed by atoms with van der Waals surface area (Å²) in [7, 11) is 4.28. The molecule has 0 radical (unpaired) electrons. The number of hydrogen-bond donors (Lipinski definition) is 0. The van der Waals surface area contributed by atoms with Crippen LogP contribution in [0.15, 0.2) is 0 Å². The zero-order valence-electron chi connectivity index (χ0n) is 94.5. The van der Waals surface area contributed by atoms with Crippen LogP contribution in [0.25, 0.3) is 0 Å². The van der Waals surface area contributed by atoms with Gasteiger partial charge in [-0.25, -0.2) is 0 Å². The van der Waals surface area contributed by atoms with Crippen LogP contribution in [-0.4, -0.2) is 148 Å². The van der Waals surface area contributed by atoms with Crippen molar-refractivity contribution in [2.45, 2.75) is 633 Å². The predicted octanol–water partition coefficient (Wildman–Crippen LogP) is 36.7. The number of carbonyl (C=O) groups excluding carboxylic acids is 6. The molecule has 0 aromatic heterocycles. The summed E-state index contributed by atoms with van der Waals surface area (Å²) in [6, 6.07) is 0. The summed E-state index contributed by atoms with van der Waals surface area (Å²) >= 11 is 0. The van der Waals surface area contributed by atoms with Gasteiger partial charge in [-0.2, -0.15) is 0 Å². The maximum Gasteiger partial charge on any atom is 0.305 e. The molecule has 2 amide bonds. The Hall–Kier alpha value is -3.26. The van der Waals surface area contributed by atoms with E-state index >= 15 is 0 Å². The largest absolute Gasteiger partial charge is 0.465 e. The molecule has 14 heteroatoms. The average Bonchev–Trinajstić information content (AvgIpc) is 1.00. The fraction of sp³-hybridized carbons (Fsp3) is 0.952. The number of hydrogen-bond acceptors (Lipinski definition) is 12. The third-order valence-electron chi connectivity index (χ3n) is 30.9. The van der Waals surface area contributed by atoms with E-state index in [0.29, 0.717) is 87.6 Å². The van der Waals surface area contributed by atoms with Crippen LogP contribution < -0.4 is 0 Å². The van der Waals surface area contributed by atoms with Crippen molar-refractivity contribution in [2.24, 2.45) is 35.5 Å². The lowest BCUT2D eigenvalue weighted by molar-refractivity contribution is -0.146. The van der Waals surface area contributed by atoms with Gasteiger partial charge in [-0.05, 0) is 205 Å². The zero-order valence-corrected chi connectivity index (χ0v) is 94.5. The van der Waals surface area contributed by atoms with Crippen molar-refractivity contribution in [3.8, 4) is 0 Å². The predicted molar refractivity (Wildman–Crippen MR) is 594 cm³/mol. The summed E-state index contributed by atoms with van der Waals surface area (Å²) in [5.41, 5.74) is 0. The van der Waals surface area contributed by atoms with E-state index in [2.05, 4.69) is 89.1 Å². The minimum atomic E-state index is -0.0197. The Bertz CT molecular complexity index is 2600. The average molecular weight is 1950 g/mol. The van der Waals surface area contributed by atoms with Gasteiger partial charge in [0.05, 0.1) is 26.4 Å². The smallest absolute Gasteiger partial charge is 0.305 e. The molecule has 1 rings (SSSR count). The van der Waals surface area contributed by atoms with Crippen LogP contribution in [0.1, 0.15) is 633 Å². The van der Waals surface area contributed by atoms with Crippen LogP contribution >= 0.6 is 0 Å². The third-order valence-corrected chi connectivity index (χ3v) is 30.9. The molecule has 816 valence electrons. The molecular weight excluding hydrogens is 1710 g/mol. The Morgan fingerprint density at radius 1 is 0.210 bits per heavy atom. The molecule has 0 aliphatic carbocycles. The molecule has 0 saturated carbocycles. The Morgan fingerprint density at radius 3 is 0.638 bits per heavy atom. The molecule has 0 spiro atoms. The molecule has 1 fully saturated rings. The van der Waals surface area contributed by atoms with Gasteiger partial charge >= 0.3 is 23.9 Å². The highest BCUT2D eigenvalue weighted by atomic mass is 16.5. The Labute approximate surface area is 859 Å². The van der Waals surface area contributed by atoms with Crippen molar-refractivity contribution >= 4 is 35.7 Å². The van der Waals surface area contributed by atoms with E-state index in [1.165, 1.54) is 347 Å². The standard InChI is InChI=1S/C124H240N4O10/c1-11-19-27-34-46-62-79-105-127(107-83-101-125(9)10)123(133)117(93-71-54-42-44-58-75-97-119(129)135-109-113(85-26-18-8)86-64-31-23-15-5)94-72-55-43-45-59-76-98-120(130)136-111-115(88-66-33-25-17-7)91-69-52-40-38-39-41-53-70-92-116(90-68-51-37-30-22-14-4)112-138-122(132)100-78-61-49-57-74-96-118(124(134)128(106-80-63-47-35-28-20-12-2)108-84-104-126-102-81-82-103-126)95-73-56-48-60-77-99-121(131)137-110-114(87-65-32-24-16-6)89-67-50-36-29-21-13-3/h113-118H,11-112H2,1-10H3. The highest BCUT2D eigenvalue weighted by Crippen LogP contribution is 2.30. The summed E-state index contributed by atoms with van der Waals surface area (Å²) in [6.07, 6.45) is 104. The van der Waals surface area contributed by atoms with E-state index in [4.69, 9.17) is 18.9 Å². The summed E-state index contributed by atoms with van der Waals surface area (Å²) < 4.78 is 24.0. The highest BCUT2D eigenvalue weighted by molar-refractivity contribution is 5.79. The van der Waals surface area contributed by atoms with Gasteiger partial charge in [0, 0.05) is 63.7 Å². The van der Waals surface area contributed by atoms with Crippen LogP contribution in [0.3, 0.4) is 0 Å². The van der Waals surface area contributed by atoms with Gasteiger partial charge in [-0.3, -0.25) is 28.8 Å². The van der Waals surface area contributed by atoms with Crippen molar-refractivity contribution in [1.82, 2.24) is 19.6 Å². The Kier molecular flexibility index (Phi) is 99.8. The summed E-state index contributed by atoms with van der Waals surface area (Å²) in [5.74, 6) is 2.80. The molecule has 0 N–H and O–H groups in total. The van der Waals surface area contributed by atoms with Gasteiger partial charge < -0.3 is 38.5 Å². The molecule has 0 aromatic rings. The fourth-order valence-electron chi connectivity index (χ4n) is 21.5. The minimum Gasteiger partial charge on any atom is -0.465 e. The third kappa shape index (κ3) is 87.0. The van der Waals surface area contributed by atoms with E-state index in [1.807, 2.05) is 0 Å². The van der Waals surface area contributed by atoms with Crippen molar-refractivity contribution in [2.75, 3.05) is 92.9 Å². The van der Waals surface area contributed by atoms with E-state index in [9.17, 15) is 28.8 Å². The second-order valence-corrected chi connectivity index (χ2v) is 44.7. The lowest BCUT2D eigenvalue weighted by Crippen LogP contribution is -2.39. The molecule has 0 aromatic carbocycles. The van der Waals surface area contributed by atoms with E-state index in [-0.39, 0.29) is 35.7 Å². The number of esters is 4. The minimum absolute atomic E-state index is 0.0124. The van der Waals surface area contributed by atoms with Crippen LogP contribution in [0, 0.1) is 35.5 Å². The summed E-state index contributed by atoms with van der Waals surface area (Å²) in [5, 5.41) is 0. The molecule has 6 atom stereocenters. The van der Waals surface area contributed by atoms with Gasteiger partial charge in [0.15, 0.2) is 0 Å². The maximum absolute atomic E-state index is 14.8. The molecule has 138 heavy (non-hydrogen) atoms. The molecule has 6 unspecified atom stereocenters. The number of rotatable bonds is 111. The molecular formula is C124H240N4O10. The van der Waals surface area contributed by atoms with Gasteiger partial charge in [0.25, 0.3) is 0 Å². The zero-order chi connectivity index (χ0) is 100.